The molecule has 2 aromatic rings. The summed E-state index contributed by atoms with van der Waals surface area (Å²) in [5.41, 5.74) is 1.60. The van der Waals surface area contributed by atoms with Crippen LogP contribution in [0.15, 0.2) is 28.0 Å². The Morgan fingerprint density at radius 3 is 2.83 bits per heavy atom. The lowest BCUT2D eigenvalue weighted by Crippen LogP contribution is -2.27. The van der Waals surface area contributed by atoms with Crippen molar-refractivity contribution in [3.8, 4) is 0 Å². The fourth-order valence-electron chi connectivity index (χ4n) is 3.01. The topological polar surface area (TPSA) is 75.9 Å². The number of nitrogens with zero attached hydrogens (tertiary/aromatic N) is 3. The van der Waals surface area contributed by atoms with Crippen LogP contribution in [0.3, 0.4) is 0 Å². The first-order valence-corrected chi connectivity index (χ1v) is 10.8. The molecule has 0 spiro atoms. The van der Waals surface area contributed by atoms with Crippen molar-refractivity contribution in [2.24, 2.45) is 0 Å². The standard InChI is InChI=1S/C20H24N4O3S2/c1-4-23-19(26)15(29-20(23)28)12-14-16(21-9-7-11-27-5-2)22-17-13(3)8-6-10-24(17)18(14)25/h6,8,10,12,21H,4-5,7,9,11H2,1-3H3. The predicted molar refractivity (Wildman–Crippen MR) is 121 cm³/mol. The third-order valence-corrected chi connectivity index (χ3v) is 5.89. The van der Waals surface area contributed by atoms with Crippen LogP contribution in [0.5, 0.6) is 0 Å². The summed E-state index contributed by atoms with van der Waals surface area (Å²) in [5.74, 6) is 0.279. The van der Waals surface area contributed by atoms with Crippen molar-refractivity contribution in [1.82, 2.24) is 14.3 Å². The van der Waals surface area contributed by atoms with Crippen LogP contribution in [-0.2, 0) is 9.53 Å². The number of pyridine rings is 1. The number of thioether (sulfide) groups is 1. The van der Waals surface area contributed by atoms with Crippen LogP contribution in [0.1, 0.15) is 31.4 Å². The van der Waals surface area contributed by atoms with Gasteiger partial charge in [-0.1, -0.05) is 30.0 Å². The number of anilines is 1. The highest BCUT2D eigenvalue weighted by atomic mass is 32.2. The Kier molecular flexibility index (Phi) is 7.05. The van der Waals surface area contributed by atoms with E-state index in [1.165, 1.54) is 21.1 Å². The van der Waals surface area contributed by atoms with E-state index in [9.17, 15) is 9.59 Å². The molecule has 154 valence electrons. The summed E-state index contributed by atoms with van der Waals surface area (Å²) in [6, 6.07) is 3.72. The van der Waals surface area contributed by atoms with Crippen LogP contribution in [0, 0.1) is 6.92 Å². The molecular weight excluding hydrogens is 408 g/mol. The maximum atomic E-state index is 13.2. The zero-order valence-electron chi connectivity index (χ0n) is 16.7. The largest absolute Gasteiger partial charge is 0.382 e. The first kappa shape index (κ1) is 21.5. The first-order valence-electron chi connectivity index (χ1n) is 9.56. The molecule has 0 atom stereocenters. The summed E-state index contributed by atoms with van der Waals surface area (Å²) in [4.78, 5) is 32.5. The normalized spacial score (nSPS) is 15.7. The molecule has 9 heteroatoms. The van der Waals surface area contributed by atoms with Crippen LogP contribution < -0.4 is 10.9 Å². The molecule has 0 saturated carbocycles. The summed E-state index contributed by atoms with van der Waals surface area (Å²) in [5, 5.41) is 3.24. The maximum absolute atomic E-state index is 13.2. The lowest BCUT2D eigenvalue weighted by atomic mass is 10.2. The minimum absolute atomic E-state index is 0.182. The van der Waals surface area contributed by atoms with Crippen molar-refractivity contribution >= 4 is 51.7 Å². The van der Waals surface area contributed by atoms with E-state index < -0.39 is 0 Å². The summed E-state index contributed by atoms with van der Waals surface area (Å²) in [6.07, 6.45) is 4.06. The van der Waals surface area contributed by atoms with Crippen LogP contribution in [0.25, 0.3) is 11.7 Å². The molecule has 0 radical (unpaired) electrons. The number of carbonyl (C=O) groups is 1. The summed E-state index contributed by atoms with van der Waals surface area (Å²) >= 11 is 6.49. The molecule has 1 aliphatic heterocycles. The summed E-state index contributed by atoms with van der Waals surface area (Å²) in [6.45, 7) is 8.12. The second kappa shape index (κ2) is 9.51. The van der Waals surface area contributed by atoms with Crippen LogP contribution in [0.4, 0.5) is 5.82 Å². The number of hydrogen-bond donors (Lipinski definition) is 1. The van der Waals surface area contributed by atoms with E-state index in [0.29, 0.717) is 52.6 Å². The average molecular weight is 433 g/mol. The van der Waals surface area contributed by atoms with Gasteiger partial charge in [-0.2, -0.15) is 0 Å². The van der Waals surface area contributed by atoms with Crippen molar-refractivity contribution < 1.29 is 9.53 Å². The monoisotopic (exact) mass is 432 g/mol. The van der Waals surface area contributed by atoms with Gasteiger partial charge in [0.1, 0.15) is 15.8 Å². The number of aryl methyl sites for hydroxylation is 1. The Morgan fingerprint density at radius 2 is 2.14 bits per heavy atom. The molecule has 1 N–H and O–H groups in total. The van der Waals surface area contributed by atoms with Gasteiger partial charge < -0.3 is 10.1 Å². The van der Waals surface area contributed by atoms with Crippen molar-refractivity contribution in [2.75, 3.05) is 31.6 Å². The van der Waals surface area contributed by atoms with E-state index in [0.717, 1.165) is 12.0 Å². The van der Waals surface area contributed by atoms with Gasteiger partial charge >= 0.3 is 0 Å². The Balaban J connectivity index is 2.04. The fraction of sp³-hybridized carbons (Fsp3) is 0.400. The lowest BCUT2D eigenvalue weighted by Gasteiger charge is -2.12. The number of amides is 1. The number of fused-ring (bicyclic) bond motifs is 1. The molecule has 0 aromatic carbocycles. The molecule has 1 aliphatic rings. The smallest absolute Gasteiger partial charge is 0.267 e. The Hall–Kier alpha value is -2.23. The number of hydrogen-bond acceptors (Lipinski definition) is 7. The number of nitrogens with one attached hydrogen (secondary N) is 1. The van der Waals surface area contributed by atoms with Gasteiger partial charge in [0, 0.05) is 32.5 Å². The lowest BCUT2D eigenvalue weighted by molar-refractivity contribution is -0.121. The highest BCUT2D eigenvalue weighted by Gasteiger charge is 2.31. The van der Waals surface area contributed by atoms with E-state index in [1.807, 2.05) is 26.8 Å². The van der Waals surface area contributed by atoms with Gasteiger partial charge in [-0.25, -0.2) is 4.98 Å². The van der Waals surface area contributed by atoms with Crippen molar-refractivity contribution in [2.45, 2.75) is 27.2 Å². The first-order chi connectivity index (χ1) is 14.0. The minimum atomic E-state index is -0.229. The quantitative estimate of drug-likeness (QED) is 0.390. The Labute approximate surface area is 179 Å². The Bertz CT molecular complexity index is 1030. The molecular formula is C20H24N4O3S2. The zero-order valence-corrected chi connectivity index (χ0v) is 18.4. The van der Waals surface area contributed by atoms with Crippen LogP contribution in [0.2, 0.25) is 0 Å². The predicted octanol–water partition coefficient (Wildman–Crippen LogP) is 3.06. The second-order valence-electron chi connectivity index (χ2n) is 6.47. The van der Waals surface area contributed by atoms with Gasteiger partial charge in [-0.3, -0.25) is 18.9 Å². The van der Waals surface area contributed by atoms with E-state index in [4.69, 9.17) is 17.0 Å². The van der Waals surface area contributed by atoms with Gasteiger partial charge in [0.15, 0.2) is 0 Å². The number of ether oxygens (including phenoxy) is 1. The molecule has 0 unspecified atom stereocenters. The maximum Gasteiger partial charge on any atom is 0.267 e. The number of aromatic nitrogens is 2. The molecule has 0 aliphatic carbocycles. The fourth-order valence-corrected chi connectivity index (χ4v) is 4.37. The zero-order chi connectivity index (χ0) is 21.0. The van der Waals surface area contributed by atoms with Crippen molar-refractivity contribution in [1.29, 1.82) is 0 Å². The van der Waals surface area contributed by atoms with Gasteiger partial charge in [0.05, 0.1) is 10.5 Å². The molecule has 1 saturated heterocycles. The summed E-state index contributed by atoms with van der Waals surface area (Å²) in [7, 11) is 0. The van der Waals surface area contributed by atoms with Crippen molar-refractivity contribution in [3.63, 3.8) is 0 Å². The number of likely N-dealkylation sites (N-methyl/N-ethyl adjacent to an activating group) is 1. The van der Waals surface area contributed by atoms with Crippen LogP contribution in [-0.4, -0.2) is 50.8 Å². The van der Waals surface area contributed by atoms with Crippen LogP contribution >= 0.6 is 24.0 Å². The van der Waals surface area contributed by atoms with E-state index >= 15 is 0 Å². The molecule has 0 bridgehead atoms. The van der Waals surface area contributed by atoms with Gasteiger partial charge in [0.25, 0.3) is 11.5 Å². The minimum Gasteiger partial charge on any atom is -0.382 e. The summed E-state index contributed by atoms with van der Waals surface area (Å²) < 4.78 is 7.37. The third kappa shape index (κ3) is 4.52. The molecule has 3 rings (SSSR count). The molecule has 3 heterocycles. The number of thiocarbonyl (C=S) groups is 1. The SMILES string of the molecule is CCOCCCNc1nc2c(C)cccn2c(=O)c1C=C1SC(=S)N(CC)C1=O. The highest BCUT2D eigenvalue weighted by Crippen LogP contribution is 2.32. The average Bonchev–Trinajstić information content (AvgIpc) is 2.97. The van der Waals surface area contributed by atoms with Gasteiger partial charge in [0.2, 0.25) is 0 Å². The molecule has 1 fully saturated rings. The van der Waals surface area contributed by atoms with E-state index in [2.05, 4.69) is 10.3 Å². The molecule has 29 heavy (non-hydrogen) atoms. The van der Waals surface area contributed by atoms with Crippen molar-refractivity contribution in [3.05, 3.63) is 44.7 Å². The van der Waals surface area contributed by atoms with E-state index in [-0.39, 0.29) is 11.5 Å². The Morgan fingerprint density at radius 1 is 1.34 bits per heavy atom. The van der Waals surface area contributed by atoms with Gasteiger partial charge in [-0.15, -0.1) is 0 Å². The van der Waals surface area contributed by atoms with E-state index in [1.54, 1.807) is 18.3 Å². The number of carbonyl (C=O) groups excluding carboxylic acids is 1. The molecule has 1 amide bonds. The van der Waals surface area contributed by atoms with Gasteiger partial charge in [-0.05, 0) is 44.9 Å². The highest BCUT2D eigenvalue weighted by molar-refractivity contribution is 8.26. The number of rotatable bonds is 8. The third-order valence-electron chi connectivity index (χ3n) is 4.51. The molecule has 7 nitrogen and oxygen atoms in total. The molecule has 2 aromatic heterocycles. The second-order valence-corrected chi connectivity index (χ2v) is 8.14.